The molecule has 30 heavy (non-hydrogen) atoms. The van der Waals surface area contributed by atoms with Crippen LogP contribution >= 0.6 is 0 Å². The first-order valence-electron chi connectivity index (χ1n) is 9.77. The Bertz CT molecular complexity index is 1200. The second-order valence-electron chi connectivity index (χ2n) is 8.59. The van der Waals surface area contributed by atoms with Gasteiger partial charge in [0, 0.05) is 29.9 Å². The minimum atomic E-state index is -3.28. The first-order chi connectivity index (χ1) is 14.1. The molecule has 1 aromatic heterocycles. The van der Waals surface area contributed by atoms with Gasteiger partial charge in [-0.1, -0.05) is 13.8 Å². The predicted molar refractivity (Wildman–Crippen MR) is 114 cm³/mol. The lowest BCUT2D eigenvalue weighted by Gasteiger charge is -2.29. The SMILES string of the molecule is CC1(C)CC(=O)c2cc(C(=O)Nc3ccc(N4CCCS4(=O)=O)cc3)c(=O)[nH]c2C1. The molecule has 2 N–H and O–H groups in total. The molecular weight excluding hydrogens is 406 g/mol. The number of nitrogens with one attached hydrogen (secondary N) is 2. The zero-order chi connectivity index (χ0) is 21.7. The maximum Gasteiger partial charge on any atom is 0.261 e. The van der Waals surface area contributed by atoms with Crippen molar-refractivity contribution in [2.24, 2.45) is 5.41 Å². The van der Waals surface area contributed by atoms with Crippen LogP contribution in [0.5, 0.6) is 0 Å². The summed E-state index contributed by atoms with van der Waals surface area (Å²) in [7, 11) is -3.28. The summed E-state index contributed by atoms with van der Waals surface area (Å²) in [4.78, 5) is 40.2. The molecule has 0 unspecified atom stereocenters. The number of pyridine rings is 1. The topological polar surface area (TPSA) is 116 Å². The lowest BCUT2D eigenvalue weighted by atomic mass is 9.75. The number of amides is 1. The van der Waals surface area contributed by atoms with Crippen LogP contribution in [-0.2, 0) is 16.4 Å². The highest BCUT2D eigenvalue weighted by Crippen LogP contribution is 2.33. The number of nitrogens with zero attached hydrogens (tertiary/aromatic N) is 1. The first kappa shape index (κ1) is 20.3. The number of hydrogen-bond acceptors (Lipinski definition) is 5. The molecule has 2 heterocycles. The summed E-state index contributed by atoms with van der Waals surface area (Å²) in [5.74, 6) is -0.594. The quantitative estimate of drug-likeness (QED) is 0.777. The number of aromatic nitrogens is 1. The van der Waals surface area contributed by atoms with Gasteiger partial charge in [0.25, 0.3) is 11.5 Å². The third-order valence-electron chi connectivity index (χ3n) is 5.47. The Morgan fingerprint density at radius 2 is 1.83 bits per heavy atom. The molecule has 1 aromatic carbocycles. The van der Waals surface area contributed by atoms with Gasteiger partial charge in [0.15, 0.2) is 5.78 Å². The van der Waals surface area contributed by atoms with Gasteiger partial charge in [0.2, 0.25) is 10.0 Å². The highest BCUT2D eigenvalue weighted by Gasteiger charge is 2.33. The van der Waals surface area contributed by atoms with Crippen LogP contribution in [0.1, 0.15) is 53.1 Å². The molecule has 1 amide bonds. The van der Waals surface area contributed by atoms with Crippen LogP contribution in [-0.4, -0.2) is 37.4 Å². The maximum absolute atomic E-state index is 12.7. The molecule has 2 aliphatic rings. The second kappa shape index (κ2) is 7.09. The molecule has 1 aliphatic heterocycles. The van der Waals surface area contributed by atoms with Gasteiger partial charge in [-0.05, 0) is 48.6 Å². The van der Waals surface area contributed by atoms with Gasteiger partial charge in [-0.25, -0.2) is 8.42 Å². The highest BCUT2D eigenvalue weighted by atomic mass is 32.2. The van der Waals surface area contributed by atoms with Crippen LogP contribution < -0.4 is 15.2 Å². The molecular formula is C21H23N3O5S. The van der Waals surface area contributed by atoms with Crippen LogP contribution in [0.25, 0.3) is 0 Å². The monoisotopic (exact) mass is 429 g/mol. The lowest BCUT2D eigenvalue weighted by molar-refractivity contribution is 0.0910. The van der Waals surface area contributed by atoms with E-state index in [0.717, 1.165) is 0 Å². The number of hydrogen-bond donors (Lipinski definition) is 2. The molecule has 4 rings (SSSR count). The first-order valence-corrected chi connectivity index (χ1v) is 11.4. The molecule has 1 aliphatic carbocycles. The molecule has 0 radical (unpaired) electrons. The molecule has 0 atom stereocenters. The molecule has 1 fully saturated rings. The molecule has 0 spiro atoms. The minimum Gasteiger partial charge on any atom is -0.325 e. The van der Waals surface area contributed by atoms with E-state index in [1.54, 1.807) is 24.3 Å². The molecule has 2 aromatic rings. The van der Waals surface area contributed by atoms with E-state index in [1.165, 1.54) is 10.4 Å². The number of ketones is 1. The van der Waals surface area contributed by atoms with E-state index in [0.29, 0.717) is 48.4 Å². The fourth-order valence-corrected chi connectivity index (χ4v) is 5.60. The summed E-state index contributed by atoms with van der Waals surface area (Å²) in [6.07, 6.45) is 1.50. The van der Waals surface area contributed by atoms with E-state index in [2.05, 4.69) is 10.3 Å². The Kier molecular flexibility index (Phi) is 4.80. The van der Waals surface area contributed by atoms with Crippen LogP contribution in [0.2, 0.25) is 0 Å². The van der Waals surface area contributed by atoms with E-state index in [9.17, 15) is 22.8 Å². The van der Waals surface area contributed by atoms with E-state index in [-0.39, 0.29) is 22.5 Å². The minimum absolute atomic E-state index is 0.0947. The van der Waals surface area contributed by atoms with Crippen LogP contribution in [0, 0.1) is 5.41 Å². The van der Waals surface area contributed by atoms with Gasteiger partial charge in [-0.3, -0.25) is 18.7 Å². The standard InChI is InChI=1S/C21H23N3O5S/c1-21(2)11-17-15(18(25)12-21)10-16(20(27)23-17)19(26)22-13-4-6-14(7-5-13)24-8-3-9-30(24,28)29/h4-7,10H,3,8-9,11-12H2,1-2H3,(H,22,26)(H,23,27). The summed E-state index contributed by atoms with van der Waals surface area (Å²) < 4.78 is 25.4. The van der Waals surface area contributed by atoms with Gasteiger partial charge in [0.1, 0.15) is 5.56 Å². The molecule has 0 saturated carbocycles. The van der Waals surface area contributed by atoms with Crippen LogP contribution in [0.3, 0.4) is 0 Å². The number of Topliss-reactive ketones (excluding diaryl/α,β-unsaturated/α-hetero) is 1. The Morgan fingerprint density at radius 1 is 1.13 bits per heavy atom. The lowest BCUT2D eigenvalue weighted by Crippen LogP contribution is -2.32. The van der Waals surface area contributed by atoms with Gasteiger partial charge >= 0.3 is 0 Å². The number of H-pyrrole nitrogens is 1. The van der Waals surface area contributed by atoms with E-state index >= 15 is 0 Å². The molecule has 1 saturated heterocycles. The zero-order valence-corrected chi connectivity index (χ0v) is 17.6. The average Bonchev–Trinajstić information content (AvgIpc) is 3.00. The number of carbonyl (C=O) groups excluding carboxylic acids is 2. The largest absolute Gasteiger partial charge is 0.325 e. The Morgan fingerprint density at radius 3 is 2.47 bits per heavy atom. The van der Waals surface area contributed by atoms with Crippen molar-refractivity contribution in [3.05, 3.63) is 57.5 Å². The Balaban J connectivity index is 1.56. The third kappa shape index (κ3) is 3.77. The number of rotatable bonds is 3. The molecule has 0 bridgehead atoms. The smallest absolute Gasteiger partial charge is 0.261 e. The number of fused-ring (bicyclic) bond motifs is 1. The van der Waals surface area contributed by atoms with Crippen LogP contribution in [0.15, 0.2) is 35.1 Å². The van der Waals surface area contributed by atoms with Crippen molar-refractivity contribution in [3.8, 4) is 0 Å². The Hall–Kier alpha value is -2.94. The summed E-state index contributed by atoms with van der Waals surface area (Å²) >= 11 is 0. The van der Waals surface area contributed by atoms with Crippen molar-refractivity contribution in [2.75, 3.05) is 21.9 Å². The van der Waals surface area contributed by atoms with Crippen molar-refractivity contribution in [2.45, 2.75) is 33.1 Å². The fraction of sp³-hybridized carbons (Fsp3) is 0.381. The van der Waals surface area contributed by atoms with Crippen molar-refractivity contribution in [3.63, 3.8) is 0 Å². The number of anilines is 2. The predicted octanol–water partition coefficient (Wildman–Crippen LogP) is 2.32. The van der Waals surface area contributed by atoms with E-state index in [4.69, 9.17) is 0 Å². The van der Waals surface area contributed by atoms with Crippen LogP contribution in [0.4, 0.5) is 11.4 Å². The summed E-state index contributed by atoms with van der Waals surface area (Å²) in [6.45, 7) is 4.36. The summed E-state index contributed by atoms with van der Waals surface area (Å²) in [6, 6.07) is 7.76. The van der Waals surface area contributed by atoms with Gasteiger partial charge < -0.3 is 10.3 Å². The summed E-state index contributed by atoms with van der Waals surface area (Å²) in [5.41, 5.74) is 0.990. The average molecular weight is 429 g/mol. The van der Waals surface area contributed by atoms with E-state index < -0.39 is 21.5 Å². The van der Waals surface area contributed by atoms with Gasteiger partial charge in [0.05, 0.1) is 11.4 Å². The third-order valence-corrected chi connectivity index (χ3v) is 7.34. The second-order valence-corrected chi connectivity index (χ2v) is 10.6. The highest BCUT2D eigenvalue weighted by molar-refractivity contribution is 7.93. The Labute approximate surface area is 174 Å². The van der Waals surface area contributed by atoms with Gasteiger partial charge in [-0.2, -0.15) is 0 Å². The number of aromatic amines is 1. The maximum atomic E-state index is 12.7. The fourth-order valence-electron chi connectivity index (χ4n) is 4.04. The normalized spacial score (nSPS) is 19.4. The molecule has 158 valence electrons. The van der Waals surface area contributed by atoms with Crippen molar-refractivity contribution < 1.29 is 18.0 Å². The van der Waals surface area contributed by atoms with Crippen molar-refractivity contribution in [1.82, 2.24) is 4.98 Å². The molecule has 9 heteroatoms. The molecule has 8 nitrogen and oxygen atoms in total. The van der Waals surface area contributed by atoms with Crippen molar-refractivity contribution >= 4 is 33.1 Å². The number of sulfonamides is 1. The van der Waals surface area contributed by atoms with Gasteiger partial charge in [-0.15, -0.1) is 0 Å². The number of benzene rings is 1. The van der Waals surface area contributed by atoms with E-state index in [1.807, 2.05) is 13.8 Å². The van der Waals surface area contributed by atoms with Crippen molar-refractivity contribution in [1.29, 1.82) is 0 Å². The number of carbonyl (C=O) groups is 2. The summed E-state index contributed by atoms with van der Waals surface area (Å²) in [5, 5.41) is 2.64. The zero-order valence-electron chi connectivity index (χ0n) is 16.8.